The van der Waals surface area contributed by atoms with Gasteiger partial charge in [0.05, 0.1) is 0 Å². The summed E-state index contributed by atoms with van der Waals surface area (Å²) >= 11 is 0. The molecule has 1 nitrogen and oxygen atoms in total. The lowest BCUT2D eigenvalue weighted by atomic mass is 10.0. The number of aryl methyl sites for hydroxylation is 1. The number of anilines is 1. The van der Waals surface area contributed by atoms with E-state index in [4.69, 9.17) is 0 Å². The first-order valence-electron chi connectivity index (χ1n) is 4.26. The average molecular weight is 159 g/mol. The van der Waals surface area contributed by atoms with E-state index in [-0.39, 0.29) is 0 Å². The number of fused-ring (bicyclic) bond motifs is 1. The Bertz CT molecular complexity index is 326. The Balaban J connectivity index is 2.62. The third kappa shape index (κ3) is 1.02. The van der Waals surface area contributed by atoms with E-state index in [9.17, 15) is 0 Å². The van der Waals surface area contributed by atoms with E-state index >= 15 is 0 Å². The maximum absolute atomic E-state index is 2.28. The number of rotatable bonds is 0. The van der Waals surface area contributed by atoms with Crippen LogP contribution in [0.15, 0.2) is 24.3 Å². The molecule has 1 aromatic rings. The first-order chi connectivity index (χ1) is 5.79. The van der Waals surface area contributed by atoms with Crippen molar-refractivity contribution in [2.45, 2.75) is 6.92 Å². The normalized spacial score (nSPS) is 14.7. The van der Waals surface area contributed by atoms with E-state index in [1.165, 1.54) is 16.8 Å². The van der Waals surface area contributed by atoms with E-state index in [2.05, 4.69) is 49.2 Å². The summed E-state index contributed by atoms with van der Waals surface area (Å²) in [5, 5.41) is 0. The molecule has 0 unspecified atom stereocenters. The number of hydrogen-bond donors (Lipinski definition) is 0. The standard InChI is InChI=1S/C11H13N/c1-9-5-3-6-10-7-4-8-12(2)11(9)10/h3-7H,8H2,1-2H3. The number of hydrogen-bond acceptors (Lipinski definition) is 1. The van der Waals surface area contributed by atoms with Crippen LogP contribution in [0.3, 0.4) is 0 Å². The fourth-order valence-electron chi connectivity index (χ4n) is 1.77. The van der Waals surface area contributed by atoms with Gasteiger partial charge >= 0.3 is 0 Å². The third-order valence-electron chi connectivity index (χ3n) is 2.33. The van der Waals surface area contributed by atoms with Crippen LogP contribution in [-0.2, 0) is 0 Å². The minimum Gasteiger partial charge on any atom is -0.370 e. The highest BCUT2D eigenvalue weighted by Gasteiger charge is 2.10. The smallest absolute Gasteiger partial charge is 0.0469 e. The molecule has 1 aromatic carbocycles. The van der Waals surface area contributed by atoms with Crippen LogP contribution in [0, 0.1) is 6.92 Å². The molecule has 0 N–H and O–H groups in total. The fourth-order valence-corrected chi connectivity index (χ4v) is 1.77. The zero-order valence-electron chi connectivity index (χ0n) is 7.54. The Morgan fingerprint density at radius 3 is 2.92 bits per heavy atom. The van der Waals surface area contributed by atoms with Gasteiger partial charge in [-0.1, -0.05) is 30.4 Å². The van der Waals surface area contributed by atoms with Gasteiger partial charge in [0.25, 0.3) is 0 Å². The van der Waals surface area contributed by atoms with Gasteiger partial charge in [-0.05, 0) is 18.1 Å². The molecule has 0 aromatic heterocycles. The lowest BCUT2D eigenvalue weighted by Gasteiger charge is -2.25. The van der Waals surface area contributed by atoms with Crippen molar-refractivity contribution in [3.05, 3.63) is 35.4 Å². The maximum atomic E-state index is 2.28. The van der Waals surface area contributed by atoms with Gasteiger partial charge in [-0.25, -0.2) is 0 Å². The minimum atomic E-state index is 1.03. The summed E-state index contributed by atoms with van der Waals surface area (Å²) in [5.74, 6) is 0. The molecular weight excluding hydrogens is 146 g/mol. The molecule has 0 saturated carbocycles. The summed E-state index contributed by atoms with van der Waals surface area (Å²) in [5.41, 5.74) is 4.07. The maximum Gasteiger partial charge on any atom is 0.0469 e. The monoisotopic (exact) mass is 159 g/mol. The van der Waals surface area contributed by atoms with Gasteiger partial charge in [0, 0.05) is 19.3 Å². The molecule has 0 spiro atoms. The van der Waals surface area contributed by atoms with Crippen LogP contribution < -0.4 is 4.90 Å². The number of para-hydroxylation sites is 1. The van der Waals surface area contributed by atoms with Crippen molar-refractivity contribution in [3.63, 3.8) is 0 Å². The van der Waals surface area contributed by atoms with Crippen LogP contribution in [0.4, 0.5) is 5.69 Å². The largest absolute Gasteiger partial charge is 0.370 e. The number of nitrogens with zero attached hydrogens (tertiary/aromatic N) is 1. The van der Waals surface area contributed by atoms with Crippen LogP contribution in [0.25, 0.3) is 6.08 Å². The summed E-state index contributed by atoms with van der Waals surface area (Å²) in [7, 11) is 2.13. The second-order valence-electron chi connectivity index (χ2n) is 3.30. The van der Waals surface area contributed by atoms with Crippen LogP contribution in [-0.4, -0.2) is 13.6 Å². The van der Waals surface area contributed by atoms with Crippen LogP contribution in [0.5, 0.6) is 0 Å². The van der Waals surface area contributed by atoms with E-state index in [1.807, 2.05) is 0 Å². The van der Waals surface area contributed by atoms with Crippen molar-refractivity contribution in [2.75, 3.05) is 18.5 Å². The zero-order chi connectivity index (χ0) is 8.55. The highest BCUT2D eigenvalue weighted by atomic mass is 15.1. The average Bonchev–Trinajstić information content (AvgIpc) is 2.04. The van der Waals surface area contributed by atoms with E-state index < -0.39 is 0 Å². The van der Waals surface area contributed by atoms with E-state index in [0.717, 1.165) is 6.54 Å². The molecule has 0 aliphatic carbocycles. The van der Waals surface area contributed by atoms with Gasteiger partial charge in [-0.2, -0.15) is 0 Å². The quantitative estimate of drug-likeness (QED) is 0.562. The zero-order valence-corrected chi connectivity index (χ0v) is 7.54. The number of benzene rings is 1. The van der Waals surface area contributed by atoms with E-state index in [1.54, 1.807) is 0 Å². The van der Waals surface area contributed by atoms with E-state index in [0.29, 0.717) is 0 Å². The second-order valence-corrected chi connectivity index (χ2v) is 3.30. The Morgan fingerprint density at radius 1 is 1.33 bits per heavy atom. The molecule has 1 aliphatic rings. The molecule has 1 aliphatic heterocycles. The van der Waals surface area contributed by atoms with Gasteiger partial charge < -0.3 is 4.90 Å². The molecule has 12 heavy (non-hydrogen) atoms. The minimum absolute atomic E-state index is 1.03. The first kappa shape index (κ1) is 7.41. The Kier molecular flexibility index (Phi) is 1.65. The van der Waals surface area contributed by atoms with Gasteiger partial charge in [-0.3, -0.25) is 0 Å². The Hall–Kier alpha value is -1.24. The summed E-state index contributed by atoms with van der Waals surface area (Å²) in [6.45, 7) is 3.19. The summed E-state index contributed by atoms with van der Waals surface area (Å²) in [6, 6.07) is 6.43. The summed E-state index contributed by atoms with van der Waals surface area (Å²) in [4.78, 5) is 2.28. The molecule has 1 heterocycles. The van der Waals surface area contributed by atoms with Crippen molar-refractivity contribution < 1.29 is 0 Å². The molecule has 0 saturated heterocycles. The Morgan fingerprint density at radius 2 is 2.17 bits per heavy atom. The van der Waals surface area contributed by atoms with Crippen molar-refractivity contribution >= 4 is 11.8 Å². The van der Waals surface area contributed by atoms with Gasteiger partial charge in [0.2, 0.25) is 0 Å². The molecule has 0 radical (unpaired) electrons. The molecule has 62 valence electrons. The highest BCUT2D eigenvalue weighted by Crippen LogP contribution is 2.27. The van der Waals surface area contributed by atoms with Crippen LogP contribution in [0.1, 0.15) is 11.1 Å². The van der Waals surface area contributed by atoms with Gasteiger partial charge in [0.1, 0.15) is 0 Å². The van der Waals surface area contributed by atoms with Gasteiger partial charge in [0.15, 0.2) is 0 Å². The highest BCUT2D eigenvalue weighted by molar-refractivity contribution is 5.73. The Labute approximate surface area is 73.3 Å². The molecule has 0 amide bonds. The molecule has 2 rings (SSSR count). The molecular formula is C11H13N. The van der Waals surface area contributed by atoms with Crippen molar-refractivity contribution in [3.8, 4) is 0 Å². The molecule has 0 fully saturated rings. The van der Waals surface area contributed by atoms with Crippen LogP contribution >= 0.6 is 0 Å². The number of likely N-dealkylation sites (N-methyl/N-ethyl adjacent to an activating group) is 1. The van der Waals surface area contributed by atoms with Gasteiger partial charge in [-0.15, -0.1) is 0 Å². The topological polar surface area (TPSA) is 3.24 Å². The first-order valence-corrected chi connectivity index (χ1v) is 4.26. The van der Waals surface area contributed by atoms with Crippen molar-refractivity contribution in [1.29, 1.82) is 0 Å². The third-order valence-corrected chi connectivity index (χ3v) is 2.33. The van der Waals surface area contributed by atoms with Crippen LogP contribution in [0.2, 0.25) is 0 Å². The molecule has 1 heteroatoms. The fraction of sp³-hybridized carbons (Fsp3) is 0.273. The SMILES string of the molecule is Cc1cccc2c1N(C)CC=C2. The summed E-state index contributed by atoms with van der Waals surface area (Å²) in [6.07, 6.45) is 4.39. The predicted octanol–water partition coefficient (Wildman–Crippen LogP) is 2.46. The van der Waals surface area contributed by atoms with Crippen molar-refractivity contribution in [1.82, 2.24) is 0 Å². The van der Waals surface area contributed by atoms with Crippen molar-refractivity contribution in [2.24, 2.45) is 0 Å². The predicted molar refractivity (Wildman–Crippen MR) is 53.5 cm³/mol. The lowest BCUT2D eigenvalue weighted by Crippen LogP contribution is -2.21. The lowest BCUT2D eigenvalue weighted by molar-refractivity contribution is 1.01. The summed E-state index contributed by atoms with van der Waals surface area (Å²) < 4.78 is 0. The second kappa shape index (κ2) is 2.67. The molecule has 0 bridgehead atoms. The molecule has 0 atom stereocenters.